The van der Waals surface area contributed by atoms with Gasteiger partial charge in [0, 0.05) is 27.6 Å². The molecule has 4 rings (SSSR count). The van der Waals surface area contributed by atoms with Gasteiger partial charge in [0.05, 0.1) is 16.8 Å². The molecule has 0 fully saturated rings. The quantitative estimate of drug-likeness (QED) is 0.336. The summed E-state index contributed by atoms with van der Waals surface area (Å²) in [5, 5.41) is 4.61. The molecule has 31 heavy (non-hydrogen) atoms. The first-order chi connectivity index (χ1) is 14.8. The van der Waals surface area contributed by atoms with Gasteiger partial charge in [-0.2, -0.15) is 0 Å². The molecule has 0 aliphatic carbocycles. The van der Waals surface area contributed by atoms with Gasteiger partial charge in [-0.3, -0.25) is 0 Å². The maximum atomic E-state index is 11.7. The first-order valence-electron chi connectivity index (χ1n) is 9.87. The Bertz CT molecular complexity index is 1260. The summed E-state index contributed by atoms with van der Waals surface area (Å²) in [7, 11) is 0. The zero-order valence-electron chi connectivity index (χ0n) is 17.1. The van der Waals surface area contributed by atoms with Crippen LogP contribution in [0.1, 0.15) is 19.6 Å². The highest BCUT2D eigenvalue weighted by Gasteiger charge is 2.22. The first kappa shape index (κ1) is 21.2. The zero-order chi connectivity index (χ0) is 22.1. The number of hydrogen-bond acceptors (Lipinski definition) is 3. The second kappa shape index (κ2) is 8.61. The molecule has 2 aromatic heterocycles. The van der Waals surface area contributed by atoms with Crippen molar-refractivity contribution in [1.82, 2.24) is 4.98 Å². The lowest BCUT2D eigenvalue weighted by molar-refractivity contribution is 0.259. The predicted octanol–water partition coefficient (Wildman–Crippen LogP) is 7.16. The SMILES string of the molecule is CC(C)Cc1oc2nc(-c3ccccc3Cl)c(-c3ccc(Cl)cc3)cc2c1NC(N)=O. The predicted molar refractivity (Wildman–Crippen MR) is 127 cm³/mol. The molecule has 0 saturated carbocycles. The molecule has 0 aliphatic rings. The smallest absolute Gasteiger partial charge is 0.316 e. The summed E-state index contributed by atoms with van der Waals surface area (Å²) < 4.78 is 6.08. The fourth-order valence-corrected chi connectivity index (χ4v) is 3.91. The van der Waals surface area contributed by atoms with Gasteiger partial charge < -0.3 is 15.5 Å². The van der Waals surface area contributed by atoms with Crippen LogP contribution in [0.3, 0.4) is 0 Å². The Kier molecular flexibility index (Phi) is 5.90. The van der Waals surface area contributed by atoms with Crippen LogP contribution in [0.5, 0.6) is 0 Å². The number of rotatable bonds is 5. The fraction of sp³-hybridized carbons (Fsp3) is 0.167. The van der Waals surface area contributed by atoms with E-state index in [0.717, 1.165) is 16.7 Å². The number of halogens is 2. The number of carbonyl (C=O) groups is 1. The minimum absolute atomic E-state index is 0.313. The molecule has 2 aromatic carbocycles. The van der Waals surface area contributed by atoms with Gasteiger partial charge in [-0.25, -0.2) is 9.78 Å². The Hall–Kier alpha value is -3.02. The van der Waals surface area contributed by atoms with E-state index in [-0.39, 0.29) is 0 Å². The number of urea groups is 1. The molecule has 0 unspecified atom stereocenters. The third kappa shape index (κ3) is 4.38. The van der Waals surface area contributed by atoms with Crippen LogP contribution >= 0.6 is 23.2 Å². The summed E-state index contributed by atoms with van der Waals surface area (Å²) in [6.45, 7) is 4.14. The van der Waals surface area contributed by atoms with Crippen molar-refractivity contribution < 1.29 is 9.21 Å². The monoisotopic (exact) mass is 453 g/mol. The van der Waals surface area contributed by atoms with Crippen molar-refractivity contribution in [2.24, 2.45) is 11.7 Å². The van der Waals surface area contributed by atoms with Crippen molar-refractivity contribution in [3.63, 3.8) is 0 Å². The van der Waals surface area contributed by atoms with Crippen molar-refractivity contribution >= 4 is 46.0 Å². The Morgan fingerprint density at radius 1 is 1.10 bits per heavy atom. The number of primary amides is 1. The van der Waals surface area contributed by atoms with E-state index in [2.05, 4.69) is 19.2 Å². The molecular weight excluding hydrogens is 433 g/mol. The number of benzene rings is 2. The van der Waals surface area contributed by atoms with Gasteiger partial charge in [0.2, 0.25) is 5.71 Å². The minimum atomic E-state index is -0.657. The third-order valence-electron chi connectivity index (χ3n) is 4.88. The number of furan rings is 1. The molecule has 5 nitrogen and oxygen atoms in total. The molecule has 0 bridgehead atoms. The van der Waals surface area contributed by atoms with Crippen molar-refractivity contribution in [2.45, 2.75) is 20.3 Å². The van der Waals surface area contributed by atoms with E-state index in [1.165, 1.54) is 0 Å². The molecule has 158 valence electrons. The van der Waals surface area contributed by atoms with Gasteiger partial charge in [0.1, 0.15) is 5.76 Å². The van der Waals surface area contributed by atoms with Crippen LogP contribution in [0.4, 0.5) is 10.5 Å². The highest BCUT2D eigenvalue weighted by atomic mass is 35.5. The largest absolute Gasteiger partial charge is 0.440 e. The average Bonchev–Trinajstić information content (AvgIpc) is 3.03. The van der Waals surface area contributed by atoms with Crippen molar-refractivity contribution in [3.8, 4) is 22.4 Å². The summed E-state index contributed by atoms with van der Waals surface area (Å²) in [6.07, 6.45) is 0.629. The molecule has 0 atom stereocenters. The summed E-state index contributed by atoms with van der Waals surface area (Å²) in [4.78, 5) is 16.5. The molecule has 3 N–H and O–H groups in total. The van der Waals surface area contributed by atoms with Crippen LogP contribution in [0, 0.1) is 5.92 Å². The molecule has 0 aliphatic heterocycles. The maximum Gasteiger partial charge on any atom is 0.316 e. The van der Waals surface area contributed by atoms with Gasteiger partial charge in [0.15, 0.2) is 0 Å². The molecule has 2 amide bonds. The molecular formula is C24H21Cl2N3O2. The topological polar surface area (TPSA) is 81.2 Å². The number of nitrogens with zero attached hydrogens (tertiary/aromatic N) is 1. The van der Waals surface area contributed by atoms with Crippen LogP contribution in [0.25, 0.3) is 33.5 Å². The van der Waals surface area contributed by atoms with Gasteiger partial charge in [-0.15, -0.1) is 0 Å². The fourth-order valence-electron chi connectivity index (χ4n) is 3.55. The third-order valence-corrected chi connectivity index (χ3v) is 5.46. The van der Waals surface area contributed by atoms with Crippen LogP contribution in [-0.4, -0.2) is 11.0 Å². The molecule has 0 spiro atoms. The van der Waals surface area contributed by atoms with Crippen LogP contribution in [0.15, 0.2) is 59.0 Å². The number of anilines is 1. The van der Waals surface area contributed by atoms with Crippen molar-refractivity contribution in [2.75, 3.05) is 5.32 Å². The zero-order valence-corrected chi connectivity index (χ0v) is 18.6. The Morgan fingerprint density at radius 2 is 1.81 bits per heavy atom. The normalized spacial score (nSPS) is 11.3. The van der Waals surface area contributed by atoms with E-state index in [0.29, 0.717) is 50.6 Å². The first-order valence-corrected chi connectivity index (χ1v) is 10.6. The van der Waals surface area contributed by atoms with Gasteiger partial charge in [-0.05, 0) is 35.7 Å². The van der Waals surface area contributed by atoms with Crippen LogP contribution in [0.2, 0.25) is 10.0 Å². The van der Waals surface area contributed by atoms with Crippen molar-refractivity contribution in [1.29, 1.82) is 0 Å². The van der Waals surface area contributed by atoms with Gasteiger partial charge in [-0.1, -0.05) is 67.4 Å². The molecule has 0 saturated heterocycles. The van der Waals surface area contributed by atoms with E-state index in [1.807, 2.05) is 54.6 Å². The summed E-state index contributed by atoms with van der Waals surface area (Å²) in [5.41, 5.74) is 9.59. The van der Waals surface area contributed by atoms with E-state index in [9.17, 15) is 4.79 Å². The van der Waals surface area contributed by atoms with E-state index < -0.39 is 6.03 Å². The number of hydrogen-bond donors (Lipinski definition) is 2. The lowest BCUT2D eigenvalue weighted by Crippen LogP contribution is -2.20. The Labute approximate surface area is 190 Å². The minimum Gasteiger partial charge on any atom is -0.440 e. The highest BCUT2D eigenvalue weighted by Crippen LogP contribution is 2.40. The highest BCUT2D eigenvalue weighted by molar-refractivity contribution is 6.33. The molecule has 7 heteroatoms. The maximum absolute atomic E-state index is 11.7. The summed E-state index contributed by atoms with van der Waals surface area (Å²) in [5.74, 6) is 0.947. The second-order valence-electron chi connectivity index (χ2n) is 7.71. The van der Waals surface area contributed by atoms with E-state index in [4.69, 9.17) is 38.3 Å². The number of aromatic nitrogens is 1. The second-order valence-corrected chi connectivity index (χ2v) is 8.56. The number of nitrogens with one attached hydrogen (secondary N) is 1. The van der Waals surface area contributed by atoms with Crippen molar-refractivity contribution in [3.05, 3.63) is 70.4 Å². The number of nitrogens with two attached hydrogens (primary N) is 1. The van der Waals surface area contributed by atoms with E-state index in [1.54, 1.807) is 0 Å². The average molecular weight is 454 g/mol. The number of amides is 2. The Morgan fingerprint density at radius 3 is 2.45 bits per heavy atom. The Balaban J connectivity index is 2.03. The summed E-state index contributed by atoms with van der Waals surface area (Å²) in [6, 6.07) is 16.3. The standard InChI is InChI=1S/C24H21Cl2N3O2/c1-13(2)11-20-22(29-24(27)30)18-12-17(14-7-9-15(25)10-8-14)21(28-23(18)31-20)16-5-3-4-6-19(16)26/h3-10,12-13H,11H2,1-2H3,(H3,27,29,30). The summed E-state index contributed by atoms with van der Waals surface area (Å²) >= 11 is 12.6. The molecule has 0 radical (unpaired) electrons. The number of carbonyl (C=O) groups excluding carboxylic acids is 1. The lowest BCUT2D eigenvalue weighted by atomic mass is 9.98. The van der Waals surface area contributed by atoms with Gasteiger partial charge in [0.25, 0.3) is 0 Å². The van der Waals surface area contributed by atoms with Crippen LogP contribution < -0.4 is 11.1 Å². The molecule has 4 aromatic rings. The number of fused-ring (bicyclic) bond motifs is 1. The van der Waals surface area contributed by atoms with Gasteiger partial charge >= 0.3 is 6.03 Å². The van der Waals surface area contributed by atoms with Crippen LogP contribution in [-0.2, 0) is 6.42 Å². The number of pyridine rings is 1. The lowest BCUT2D eigenvalue weighted by Gasteiger charge is -2.11. The molecule has 2 heterocycles. The van der Waals surface area contributed by atoms with E-state index >= 15 is 0 Å².